The number of hydrogen-bond donors (Lipinski definition) is 1. The van der Waals surface area contributed by atoms with E-state index < -0.39 is 0 Å². The number of nitrogens with one attached hydrogen (secondary N) is 1. The Morgan fingerprint density at radius 1 is 1.07 bits per heavy atom. The smallest absolute Gasteiger partial charge is 0.252 e. The van der Waals surface area contributed by atoms with Gasteiger partial charge in [-0.25, -0.2) is 4.98 Å². The Bertz CT molecular complexity index is 1020. The molecule has 1 amide bonds. The molecular formula is C25H28N2OS. The predicted molar refractivity (Wildman–Crippen MR) is 120 cm³/mol. The molecule has 4 rings (SSSR count). The second-order valence-electron chi connectivity index (χ2n) is 8.29. The first-order valence-electron chi connectivity index (χ1n) is 10.5. The predicted octanol–water partition coefficient (Wildman–Crippen LogP) is 6.25. The zero-order valence-electron chi connectivity index (χ0n) is 17.3. The highest BCUT2D eigenvalue weighted by Crippen LogP contribution is 2.32. The average molecular weight is 405 g/mol. The molecule has 0 radical (unpaired) electrons. The lowest BCUT2D eigenvalue weighted by Crippen LogP contribution is -2.43. The third kappa shape index (κ3) is 4.48. The molecular weight excluding hydrogens is 376 g/mol. The van der Waals surface area contributed by atoms with Gasteiger partial charge in [-0.05, 0) is 49.4 Å². The number of hydrogen-bond acceptors (Lipinski definition) is 3. The minimum Gasteiger partial charge on any atom is -0.349 e. The summed E-state index contributed by atoms with van der Waals surface area (Å²) in [5.74, 6) is 1.17. The second kappa shape index (κ2) is 8.58. The van der Waals surface area contributed by atoms with E-state index in [1.165, 1.54) is 18.4 Å². The lowest BCUT2D eigenvalue weighted by atomic mass is 9.78. The molecule has 29 heavy (non-hydrogen) atoms. The zero-order chi connectivity index (χ0) is 20.4. The summed E-state index contributed by atoms with van der Waals surface area (Å²) in [6.45, 7) is 6.64. The molecule has 0 unspecified atom stereocenters. The van der Waals surface area contributed by atoms with Crippen LogP contribution in [0.1, 0.15) is 49.0 Å². The van der Waals surface area contributed by atoms with Gasteiger partial charge in [0.15, 0.2) is 0 Å². The van der Waals surface area contributed by atoms with E-state index in [4.69, 9.17) is 4.98 Å². The van der Waals surface area contributed by atoms with Crippen LogP contribution in [-0.2, 0) is 0 Å². The molecule has 2 aromatic carbocycles. The summed E-state index contributed by atoms with van der Waals surface area (Å²) in [5, 5.41) is 5.09. The molecule has 4 heteroatoms. The maximum Gasteiger partial charge on any atom is 0.252 e. The Morgan fingerprint density at radius 3 is 2.62 bits per heavy atom. The molecule has 1 fully saturated rings. The van der Waals surface area contributed by atoms with Gasteiger partial charge in [-0.3, -0.25) is 4.79 Å². The molecule has 150 valence electrons. The molecule has 1 N–H and O–H groups in total. The van der Waals surface area contributed by atoms with Crippen LogP contribution in [0.15, 0.2) is 64.5 Å². The van der Waals surface area contributed by atoms with E-state index in [-0.39, 0.29) is 11.9 Å². The van der Waals surface area contributed by atoms with Crippen LogP contribution < -0.4 is 5.32 Å². The van der Waals surface area contributed by atoms with E-state index in [0.29, 0.717) is 11.8 Å². The molecule has 3 aromatic rings. The minimum absolute atomic E-state index is 0.0142. The maximum absolute atomic E-state index is 13.3. The molecule has 1 heterocycles. The summed E-state index contributed by atoms with van der Waals surface area (Å²) >= 11 is 1.60. The molecule has 3 nitrogen and oxygen atoms in total. The van der Waals surface area contributed by atoms with Gasteiger partial charge in [0.1, 0.15) is 5.03 Å². The third-order valence-electron chi connectivity index (χ3n) is 6.20. The van der Waals surface area contributed by atoms with E-state index in [0.717, 1.165) is 32.8 Å². The average Bonchev–Trinajstić information content (AvgIpc) is 2.72. The molecule has 1 aromatic heterocycles. The first kappa shape index (κ1) is 20.0. The normalized spacial score (nSPS) is 21.8. The lowest BCUT2D eigenvalue weighted by Gasteiger charge is -2.34. The van der Waals surface area contributed by atoms with Crippen molar-refractivity contribution in [3.8, 4) is 0 Å². The summed E-state index contributed by atoms with van der Waals surface area (Å²) in [6, 6.07) is 18.5. The molecule has 0 saturated heterocycles. The van der Waals surface area contributed by atoms with Gasteiger partial charge in [-0.1, -0.05) is 74.3 Å². The number of benzene rings is 2. The van der Waals surface area contributed by atoms with Gasteiger partial charge in [-0.2, -0.15) is 0 Å². The summed E-state index contributed by atoms with van der Waals surface area (Å²) in [6.07, 6.45) is 3.50. The van der Waals surface area contributed by atoms with E-state index in [1.54, 1.807) is 11.8 Å². The fourth-order valence-corrected chi connectivity index (χ4v) is 4.98. The number of fused-ring (bicyclic) bond motifs is 1. The van der Waals surface area contributed by atoms with Crippen LogP contribution in [0.2, 0.25) is 0 Å². The molecule has 0 spiro atoms. The highest BCUT2D eigenvalue weighted by atomic mass is 32.2. The summed E-state index contributed by atoms with van der Waals surface area (Å²) < 4.78 is 0. The third-order valence-corrected chi connectivity index (χ3v) is 7.13. The Morgan fingerprint density at radius 2 is 1.83 bits per heavy atom. The Labute approximate surface area is 177 Å². The topological polar surface area (TPSA) is 42.0 Å². The number of para-hydroxylation sites is 1. The van der Waals surface area contributed by atoms with Gasteiger partial charge in [0.25, 0.3) is 5.91 Å². The van der Waals surface area contributed by atoms with Crippen LogP contribution in [0.5, 0.6) is 0 Å². The largest absolute Gasteiger partial charge is 0.349 e. The standard InChI is InChI=1S/C25H28N2OS/c1-16-11-13-19(14-12-16)29-24-15-21(20-8-4-5-9-23(20)26-24)25(28)27-22-10-6-7-17(2)18(22)3/h4-5,8-9,11-15,17-18,22H,6-7,10H2,1-3H3,(H,27,28)/t17-,18+,22+/m0/s1. The van der Waals surface area contributed by atoms with E-state index in [1.807, 2.05) is 30.3 Å². The Kier molecular flexibility index (Phi) is 5.91. The van der Waals surface area contributed by atoms with Gasteiger partial charge >= 0.3 is 0 Å². The van der Waals surface area contributed by atoms with Gasteiger partial charge in [-0.15, -0.1) is 0 Å². The first-order valence-corrected chi connectivity index (χ1v) is 11.3. The quantitative estimate of drug-likeness (QED) is 0.559. The Balaban J connectivity index is 1.65. The van der Waals surface area contributed by atoms with Crippen LogP contribution in [0.3, 0.4) is 0 Å². The van der Waals surface area contributed by atoms with Crippen molar-refractivity contribution in [1.82, 2.24) is 10.3 Å². The maximum atomic E-state index is 13.3. The van der Waals surface area contributed by atoms with Crippen molar-refractivity contribution in [2.45, 2.75) is 56.0 Å². The highest BCUT2D eigenvalue weighted by molar-refractivity contribution is 7.99. The summed E-state index contributed by atoms with van der Waals surface area (Å²) in [5.41, 5.74) is 2.81. The number of pyridine rings is 1. The molecule has 1 aliphatic rings. The fraction of sp³-hybridized carbons (Fsp3) is 0.360. The van der Waals surface area contributed by atoms with Gasteiger partial charge in [0, 0.05) is 16.3 Å². The number of aryl methyl sites for hydroxylation is 1. The van der Waals surface area contributed by atoms with Crippen molar-refractivity contribution in [3.63, 3.8) is 0 Å². The van der Waals surface area contributed by atoms with E-state index >= 15 is 0 Å². The van der Waals surface area contributed by atoms with Crippen molar-refractivity contribution in [3.05, 3.63) is 65.7 Å². The number of nitrogens with zero attached hydrogens (tertiary/aromatic N) is 1. The number of carbonyl (C=O) groups is 1. The molecule has 0 aliphatic heterocycles. The molecule has 0 bridgehead atoms. The number of rotatable bonds is 4. The second-order valence-corrected chi connectivity index (χ2v) is 9.38. The Hall–Kier alpha value is -2.33. The number of carbonyl (C=O) groups excluding carboxylic acids is 1. The van der Waals surface area contributed by atoms with Crippen LogP contribution in [0.25, 0.3) is 10.9 Å². The van der Waals surface area contributed by atoms with Gasteiger partial charge in [0.05, 0.1) is 11.1 Å². The van der Waals surface area contributed by atoms with Gasteiger partial charge < -0.3 is 5.32 Å². The van der Waals surface area contributed by atoms with Crippen molar-refractivity contribution < 1.29 is 4.79 Å². The monoisotopic (exact) mass is 404 g/mol. The van der Waals surface area contributed by atoms with Crippen LogP contribution in [-0.4, -0.2) is 16.9 Å². The zero-order valence-corrected chi connectivity index (χ0v) is 18.1. The lowest BCUT2D eigenvalue weighted by molar-refractivity contribution is 0.0892. The van der Waals surface area contributed by atoms with Crippen molar-refractivity contribution in [1.29, 1.82) is 0 Å². The molecule has 3 atom stereocenters. The summed E-state index contributed by atoms with van der Waals surface area (Å²) in [4.78, 5) is 19.2. The number of aromatic nitrogens is 1. The first-order chi connectivity index (χ1) is 14.0. The van der Waals surface area contributed by atoms with Crippen LogP contribution >= 0.6 is 11.8 Å². The molecule has 1 aliphatic carbocycles. The highest BCUT2D eigenvalue weighted by Gasteiger charge is 2.29. The molecule has 1 saturated carbocycles. The van der Waals surface area contributed by atoms with Crippen molar-refractivity contribution in [2.75, 3.05) is 0 Å². The van der Waals surface area contributed by atoms with Gasteiger partial charge in [0.2, 0.25) is 0 Å². The minimum atomic E-state index is 0.0142. The van der Waals surface area contributed by atoms with Crippen LogP contribution in [0.4, 0.5) is 0 Å². The van der Waals surface area contributed by atoms with Crippen molar-refractivity contribution in [2.24, 2.45) is 11.8 Å². The fourth-order valence-electron chi connectivity index (χ4n) is 4.15. The van der Waals surface area contributed by atoms with Crippen LogP contribution in [0, 0.1) is 18.8 Å². The number of amides is 1. The van der Waals surface area contributed by atoms with Crippen molar-refractivity contribution >= 4 is 28.6 Å². The van der Waals surface area contributed by atoms with E-state index in [2.05, 4.69) is 50.4 Å². The SMILES string of the molecule is Cc1ccc(Sc2cc(C(=O)N[C@@H]3CCC[C@H](C)[C@H]3C)c3ccccc3n2)cc1. The summed E-state index contributed by atoms with van der Waals surface area (Å²) in [7, 11) is 0. The van der Waals surface area contributed by atoms with E-state index in [9.17, 15) is 4.79 Å².